The number of halogens is 2. The van der Waals surface area contributed by atoms with Crippen molar-refractivity contribution < 1.29 is 4.39 Å². The number of H-pyrrole nitrogens is 1. The summed E-state index contributed by atoms with van der Waals surface area (Å²) in [5.74, 6) is -0.451. The average molecular weight is 308 g/mol. The molecule has 0 saturated carbocycles. The van der Waals surface area contributed by atoms with Crippen LogP contribution in [0.15, 0.2) is 30.6 Å². The number of hydrogen-bond donors (Lipinski definition) is 1. The van der Waals surface area contributed by atoms with Gasteiger partial charge in [-0.15, -0.1) is 0 Å². The van der Waals surface area contributed by atoms with Crippen LogP contribution in [0.25, 0.3) is 11.0 Å². The SMILES string of the molecule is Cc1cnccc1Cn1c(=S)[nH]c2cc(Cl)c(F)cc21. The molecule has 3 nitrogen and oxygen atoms in total. The first-order valence-electron chi connectivity index (χ1n) is 6.03. The van der Waals surface area contributed by atoms with Crippen molar-refractivity contribution in [2.45, 2.75) is 13.5 Å². The highest BCUT2D eigenvalue weighted by molar-refractivity contribution is 7.71. The zero-order valence-corrected chi connectivity index (χ0v) is 12.2. The van der Waals surface area contributed by atoms with Crippen LogP contribution in [0, 0.1) is 17.5 Å². The van der Waals surface area contributed by atoms with Crippen LogP contribution in [-0.4, -0.2) is 14.5 Å². The van der Waals surface area contributed by atoms with Crippen LogP contribution in [0.3, 0.4) is 0 Å². The smallest absolute Gasteiger partial charge is 0.178 e. The molecule has 0 amide bonds. The number of imidazole rings is 1. The number of aryl methyl sites for hydroxylation is 1. The lowest BCUT2D eigenvalue weighted by Crippen LogP contribution is -2.02. The third-order valence-electron chi connectivity index (χ3n) is 3.28. The number of hydrogen-bond acceptors (Lipinski definition) is 2. The fourth-order valence-electron chi connectivity index (χ4n) is 2.16. The van der Waals surface area contributed by atoms with Gasteiger partial charge in [0.2, 0.25) is 0 Å². The fraction of sp³-hybridized carbons (Fsp3) is 0.143. The largest absolute Gasteiger partial charge is 0.331 e. The zero-order valence-electron chi connectivity index (χ0n) is 10.7. The van der Waals surface area contributed by atoms with Gasteiger partial charge in [0.15, 0.2) is 4.77 Å². The number of pyridine rings is 1. The third-order valence-corrected chi connectivity index (χ3v) is 3.89. The van der Waals surface area contributed by atoms with Gasteiger partial charge in [-0.3, -0.25) is 4.98 Å². The van der Waals surface area contributed by atoms with Crippen LogP contribution < -0.4 is 0 Å². The van der Waals surface area contributed by atoms with Crippen LogP contribution in [0.1, 0.15) is 11.1 Å². The van der Waals surface area contributed by atoms with E-state index in [9.17, 15) is 4.39 Å². The van der Waals surface area contributed by atoms with Gasteiger partial charge in [0, 0.05) is 18.5 Å². The number of nitrogens with zero attached hydrogens (tertiary/aromatic N) is 2. The summed E-state index contributed by atoms with van der Waals surface area (Å²) in [6.07, 6.45) is 3.53. The summed E-state index contributed by atoms with van der Waals surface area (Å²) in [6, 6.07) is 4.89. The van der Waals surface area contributed by atoms with Gasteiger partial charge in [-0.25, -0.2) is 4.39 Å². The van der Waals surface area contributed by atoms with E-state index in [4.69, 9.17) is 23.8 Å². The van der Waals surface area contributed by atoms with E-state index in [2.05, 4.69) is 9.97 Å². The zero-order chi connectivity index (χ0) is 14.3. The lowest BCUT2D eigenvalue weighted by molar-refractivity contribution is 0.628. The molecule has 102 valence electrons. The molecule has 0 aliphatic carbocycles. The first-order chi connectivity index (χ1) is 9.56. The van der Waals surface area contributed by atoms with Crippen molar-refractivity contribution in [1.82, 2.24) is 14.5 Å². The van der Waals surface area contributed by atoms with E-state index in [0.717, 1.165) is 16.6 Å². The molecule has 3 rings (SSSR count). The summed E-state index contributed by atoms with van der Waals surface area (Å²) in [6.45, 7) is 2.55. The van der Waals surface area contributed by atoms with E-state index < -0.39 is 5.82 Å². The number of nitrogens with one attached hydrogen (secondary N) is 1. The highest BCUT2D eigenvalue weighted by Gasteiger charge is 2.10. The highest BCUT2D eigenvalue weighted by Crippen LogP contribution is 2.23. The second-order valence-corrected chi connectivity index (χ2v) is 5.40. The molecule has 2 heterocycles. The average Bonchev–Trinajstić information content (AvgIpc) is 2.69. The Bertz CT molecular complexity index is 853. The molecule has 0 unspecified atom stereocenters. The van der Waals surface area contributed by atoms with E-state index in [1.807, 2.05) is 17.6 Å². The fourth-order valence-corrected chi connectivity index (χ4v) is 2.60. The Labute approximate surface area is 125 Å². The topological polar surface area (TPSA) is 33.6 Å². The maximum absolute atomic E-state index is 13.7. The molecule has 0 radical (unpaired) electrons. The van der Waals surface area contributed by atoms with Gasteiger partial charge < -0.3 is 9.55 Å². The van der Waals surface area contributed by atoms with Gasteiger partial charge in [0.25, 0.3) is 0 Å². The van der Waals surface area contributed by atoms with Crippen LogP contribution in [0.4, 0.5) is 4.39 Å². The molecule has 0 fully saturated rings. The Morgan fingerprint density at radius 1 is 1.45 bits per heavy atom. The van der Waals surface area contributed by atoms with Gasteiger partial charge in [-0.2, -0.15) is 0 Å². The summed E-state index contributed by atoms with van der Waals surface area (Å²) in [5, 5.41) is 0.0843. The van der Waals surface area contributed by atoms with Crippen LogP contribution in [-0.2, 0) is 6.54 Å². The molecule has 0 atom stereocenters. The third kappa shape index (κ3) is 2.23. The van der Waals surface area contributed by atoms with Crippen LogP contribution in [0.5, 0.6) is 0 Å². The first kappa shape index (κ1) is 13.3. The Hall–Kier alpha value is -1.72. The van der Waals surface area contributed by atoms with Crippen molar-refractivity contribution in [2.75, 3.05) is 0 Å². The predicted octanol–water partition coefficient (Wildman–Crippen LogP) is 4.24. The second kappa shape index (κ2) is 5.00. The number of rotatable bonds is 2. The molecular formula is C14H11ClFN3S. The Morgan fingerprint density at radius 2 is 2.25 bits per heavy atom. The van der Waals surface area contributed by atoms with Crippen molar-refractivity contribution in [2.24, 2.45) is 0 Å². The monoisotopic (exact) mass is 307 g/mol. The second-order valence-electron chi connectivity index (χ2n) is 4.60. The molecule has 3 aromatic rings. The minimum Gasteiger partial charge on any atom is -0.331 e. The predicted molar refractivity (Wildman–Crippen MR) is 80.2 cm³/mol. The summed E-state index contributed by atoms with van der Waals surface area (Å²) in [5.41, 5.74) is 3.59. The maximum Gasteiger partial charge on any atom is 0.178 e. The molecular weight excluding hydrogens is 297 g/mol. The molecule has 1 aromatic carbocycles. The lowest BCUT2D eigenvalue weighted by atomic mass is 10.1. The number of fused-ring (bicyclic) bond motifs is 1. The van der Waals surface area contributed by atoms with Gasteiger partial charge >= 0.3 is 0 Å². The Morgan fingerprint density at radius 3 is 3.00 bits per heavy atom. The van der Waals surface area contributed by atoms with E-state index in [1.165, 1.54) is 6.07 Å². The number of aromatic amines is 1. The van der Waals surface area contributed by atoms with Gasteiger partial charge in [0.1, 0.15) is 5.82 Å². The molecule has 1 N–H and O–H groups in total. The molecule has 0 saturated heterocycles. The Kier molecular flexibility index (Phi) is 3.31. The minimum atomic E-state index is -0.451. The van der Waals surface area contributed by atoms with Crippen LogP contribution in [0.2, 0.25) is 5.02 Å². The normalized spacial score (nSPS) is 11.2. The van der Waals surface area contributed by atoms with E-state index >= 15 is 0 Å². The number of benzene rings is 1. The van der Waals surface area contributed by atoms with Crippen molar-refractivity contribution in [3.8, 4) is 0 Å². The molecule has 2 aromatic heterocycles. The molecule has 6 heteroatoms. The highest BCUT2D eigenvalue weighted by atomic mass is 35.5. The van der Waals surface area contributed by atoms with Gasteiger partial charge in [-0.1, -0.05) is 11.6 Å². The standard InChI is InChI=1S/C14H11ClFN3S/c1-8-6-17-3-2-9(8)7-19-13-5-11(16)10(15)4-12(13)18-14(19)20/h2-6H,7H2,1H3,(H,18,20). The van der Waals surface area contributed by atoms with E-state index in [0.29, 0.717) is 16.8 Å². The van der Waals surface area contributed by atoms with Crippen LogP contribution >= 0.6 is 23.8 Å². The molecule has 0 spiro atoms. The van der Waals surface area contributed by atoms with Crippen molar-refractivity contribution in [3.63, 3.8) is 0 Å². The Balaban J connectivity index is 2.17. The summed E-state index contributed by atoms with van der Waals surface area (Å²) in [4.78, 5) is 7.11. The molecule has 0 aliphatic rings. The van der Waals surface area contributed by atoms with Crippen molar-refractivity contribution in [1.29, 1.82) is 0 Å². The first-order valence-corrected chi connectivity index (χ1v) is 6.82. The van der Waals surface area contributed by atoms with Gasteiger partial charge in [0.05, 0.1) is 22.6 Å². The molecule has 0 bridgehead atoms. The molecule has 20 heavy (non-hydrogen) atoms. The van der Waals surface area contributed by atoms with Gasteiger partial charge in [-0.05, 0) is 42.4 Å². The number of aromatic nitrogens is 3. The molecule has 0 aliphatic heterocycles. The summed E-state index contributed by atoms with van der Waals surface area (Å²) < 4.78 is 16.0. The maximum atomic E-state index is 13.7. The quantitative estimate of drug-likeness (QED) is 0.718. The summed E-state index contributed by atoms with van der Waals surface area (Å²) >= 11 is 11.1. The van der Waals surface area contributed by atoms with Crippen molar-refractivity contribution >= 4 is 34.9 Å². The minimum absolute atomic E-state index is 0.0843. The summed E-state index contributed by atoms with van der Waals surface area (Å²) in [7, 11) is 0. The van der Waals surface area contributed by atoms with Crippen molar-refractivity contribution in [3.05, 3.63) is 57.3 Å². The van der Waals surface area contributed by atoms with E-state index in [1.54, 1.807) is 18.5 Å². The van der Waals surface area contributed by atoms with E-state index in [-0.39, 0.29) is 5.02 Å². The lowest BCUT2D eigenvalue weighted by Gasteiger charge is -2.07.